The van der Waals surface area contributed by atoms with Gasteiger partial charge in [0.15, 0.2) is 0 Å². The highest BCUT2D eigenvalue weighted by Gasteiger charge is 2.67. The molecule has 246 valence electrons. The van der Waals surface area contributed by atoms with Gasteiger partial charge in [-0.1, -0.05) is 58.9 Å². The van der Waals surface area contributed by atoms with E-state index in [1.165, 1.54) is 11.6 Å². The van der Waals surface area contributed by atoms with E-state index in [0.717, 1.165) is 16.5 Å². The van der Waals surface area contributed by atoms with Gasteiger partial charge in [-0.2, -0.15) is 0 Å². The number of halogens is 3. The van der Waals surface area contributed by atoms with Crippen molar-refractivity contribution in [3.63, 3.8) is 0 Å². The van der Waals surface area contributed by atoms with Crippen molar-refractivity contribution in [1.29, 1.82) is 0 Å². The molecule has 2 heterocycles. The van der Waals surface area contributed by atoms with Gasteiger partial charge >= 0.3 is 0 Å². The molecule has 0 saturated carbocycles. The molecule has 48 heavy (non-hydrogen) atoms. The van der Waals surface area contributed by atoms with Crippen LogP contribution in [0.15, 0.2) is 83.9 Å². The summed E-state index contributed by atoms with van der Waals surface area (Å²) in [5, 5.41) is 11.3. The monoisotopic (exact) mass is 650 g/mol. The van der Waals surface area contributed by atoms with E-state index in [2.05, 4.69) is 58.7 Å². The molecule has 0 amide bonds. The van der Waals surface area contributed by atoms with Gasteiger partial charge in [0.2, 0.25) is 11.8 Å². The summed E-state index contributed by atoms with van der Waals surface area (Å²) < 4.78 is 57.8. The van der Waals surface area contributed by atoms with Crippen LogP contribution in [0.4, 0.5) is 13.2 Å². The summed E-state index contributed by atoms with van der Waals surface area (Å²) in [6.45, 7) is 14.8. The lowest BCUT2D eigenvalue weighted by atomic mass is 9.52. The highest BCUT2D eigenvalue weighted by molar-refractivity contribution is 5.98. The maximum Gasteiger partial charge on any atom is 0.219 e. The van der Waals surface area contributed by atoms with E-state index in [1.807, 2.05) is 25.1 Å². The van der Waals surface area contributed by atoms with Crippen LogP contribution in [0.25, 0.3) is 22.0 Å². The predicted octanol–water partition coefficient (Wildman–Crippen LogP) is 10.3. The van der Waals surface area contributed by atoms with Crippen LogP contribution in [0.1, 0.15) is 70.2 Å². The Hall–Kier alpha value is -4.85. The summed E-state index contributed by atoms with van der Waals surface area (Å²) in [7, 11) is 0. The van der Waals surface area contributed by atoms with Crippen molar-refractivity contribution in [1.82, 2.24) is 4.98 Å². The fourth-order valence-electron chi connectivity index (χ4n) is 7.82. The van der Waals surface area contributed by atoms with Crippen molar-refractivity contribution in [2.24, 2.45) is 10.4 Å². The van der Waals surface area contributed by atoms with Gasteiger partial charge in [0.1, 0.15) is 45.6 Å². The van der Waals surface area contributed by atoms with E-state index in [9.17, 15) is 9.50 Å². The number of aromatic nitrogens is 1. The van der Waals surface area contributed by atoms with Crippen LogP contribution in [0, 0.1) is 29.8 Å². The zero-order valence-corrected chi connectivity index (χ0v) is 28.0. The summed E-state index contributed by atoms with van der Waals surface area (Å²) in [5.74, 6) is -2.49. The van der Waals surface area contributed by atoms with E-state index < -0.39 is 34.2 Å². The molecular formula is C40H37F3N2O3. The molecule has 1 aliphatic heterocycles. The first-order chi connectivity index (χ1) is 22.5. The number of rotatable bonds is 4. The standard InChI is InChI=1S/C40H37F3N2O3/c1-22-14-23-12-13-33(44-35(23)32(46)15-22)47-27-17-24(34-30(42)19-26(41)20-31(34)43)16-25(18-27)36-45-39(7)29-11-9-8-10-28(29)38(5,6)21-40(39,48-36)37(2,3)4/h8-20,46H,21H2,1-7H3/t39-,40-/m0/s1. The van der Waals surface area contributed by atoms with Crippen molar-refractivity contribution in [3.05, 3.63) is 119 Å². The molecule has 2 aliphatic rings. The molecule has 0 unspecified atom stereocenters. The number of fused-ring (bicyclic) bond motifs is 4. The number of hydrogen-bond donors (Lipinski definition) is 1. The van der Waals surface area contributed by atoms with Crippen LogP contribution < -0.4 is 4.74 Å². The van der Waals surface area contributed by atoms with E-state index in [4.69, 9.17) is 14.5 Å². The fraction of sp³-hybridized carbons (Fsp3) is 0.300. The lowest BCUT2D eigenvalue weighted by molar-refractivity contribution is -0.105. The molecule has 4 aromatic carbocycles. The Kier molecular flexibility index (Phi) is 6.99. The second kappa shape index (κ2) is 10.6. The molecule has 1 aliphatic carbocycles. The van der Waals surface area contributed by atoms with Gasteiger partial charge < -0.3 is 14.6 Å². The van der Waals surface area contributed by atoms with Gasteiger partial charge in [0.25, 0.3) is 0 Å². The van der Waals surface area contributed by atoms with Gasteiger partial charge in [0.05, 0.1) is 5.56 Å². The maximum absolute atomic E-state index is 15.3. The van der Waals surface area contributed by atoms with E-state index >= 15 is 8.78 Å². The first kappa shape index (κ1) is 31.7. The summed E-state index contributed by atoms with van der Waals surface area (Å²) in [6.07, 6.45) is 0.665. The number of ether oxygens (including phenoxy) is 2. The zero-order valence-electron chi connectivity index (χ0n) is 28.0. The molecule has 7 rings (SSSR count). The first-order valence-electron chi connectivity index (χ1n) is 16.0. The van der Waals surface area contributed by atoms with Crippen molar-refractivity contribution in [2.45, 2.75) is 71.4 Å². The quantitative estimate of drug-likeness (QED) is 0.210. The fourth-order valence-corrected chi connectivity index (χ4v) is 7.82. The Morgan fingerprint density at radius 3 is 2.19 bits per heavy atom. The Labute approximate surface area is 278 Å². The molecule has 5 nitrogen and oxygen atoms in total. The molecule has 0 saturated heterocycles. The Balaban J connectivity index is 1.42. The first-order valence-corrected chi connectivity index (χ1v) is 16.0. The number of phenolic OH excluding ortho intramolecular Hbond substituents is 1. The van der Waals surface area contributed by atoms with E-state index in [1.54, 1.807) is 30.3 Å². The third-order valence-electron chi connectivity index (χ3n) is 10.0. The molecule has 1 N–H and O–H groups in total. The van der Waals surface area contributed by atoms with E-state index in [0.29, 0.717) is 35.5 Å². The Morgan fingerprint density at radius 1 is 0.833 bits per heavy atom. The molecule has 0 radical (unpaired) electrons. The maximum atomic E-state index is 15.3. The normalized spacial score (nSPS) is 21.3. The van der Waals surface area contributed by atoms with Crippen LogP contribution in [0.5, 0.6) is 17.4 Å². The van der Waals surface area contributed by atoms with Crippen LogP contribution in [-0.4, -0.2) is 21.6 Å². The number of aliphatic imine (C=N–C) groups is 1. The molecule has 0 bridgehead atoms. The SMILES string of the molecule is Cc1cc(O)c2nc(Oc3cc(C4=N[C@@]5(C)c6ccccc6C(C)(C)C[C@@]5(C(C)(C)C)O4)cc(-c4c(F)cc(F)cc4F)c3)ccc2c1. The summed E-state index contributed by atoms with van der Waals surface area (Å²) in [6, 6.07) is 21.3. The number of aryl methyl sites for hydroxylation is 1. The number of hydrogen-bond acceptors (Lipinski definition) is 5. The number of phenols is 1. The smallest absolute Gasteiger partial charge is 0.219 e. The average molecular weight is 651 g/mol. The van der Waals surface area contributed by atoms with Crippen LogP contribution in [-0.2, 0) is 15.7 Å². The topological polar surface area (TPSA) is 63.9 Å². The molecule has 0 spiro atoms. The van der Waals surface area contributed by atoms with Crippen molar-refractivity contribution in [3.8, 4) is 28.5 Å². The summed E-state index contributed by atoms with van der Waals surface area (Å²) >= 11 is 0. The highest BCUT2D eigenvalue weighted by atomic mass is 19.1. The van der Waals surface area contributed by atoms with Gasteiger partial charge in [-0.3, -0.25) is 0 Å². The average Bonchev–Trinajstić information content (AvgIpc) is 3.31. The molecule has 0 fully saturated rings. The molecule has 1 aromatic heterocycles. The zero-order chi connectivity index (χ0) is 34.4. The summed E-state index contributed by atoms with van der Waals surface area (Å²) in [4.78, 5) is 9.81. The highest BCUT2D eigenvalue weighted by Crippen LogP contribution is 2.62. The third kappa shape index (κ3) is 4.83. The minimum Gasteiger partial charge on any atom is -0.506 e. The number of aromatic hydroxyl groups is 1. The minimum atomic E-state index is -1.06. The van der Waals surface area contributed by atoms with Crippen molar-refractivity contribution in [2.75, 3.05) is 0 Å². The predicted molar refractivity (Wildman–Crippen MR) is 181 cm³/mol. The van der Waals surface area contributed by atoms with E-state index in [-0.39, 0.29) is 33.8 Å². The number of benzene rings is 4. The summed E-state index contributed by atoms with van der Waals surface area (Å²) in [5.41, 5.74) is 1.38. The molecule has 2 atom stereocenters. The van der Waals surface area contributed by atoms with Crippen molar-refractivity contribution >= 4 is 16.8 Å². The Morgan fingerprint density at radius 2 is 1.50 bits per heavy atom. The lowest BCUT2D eigenvalue weighted by Gasteiger charge is -2.56. The molecule has 8 heteroatoms. The van der Waals surface area contributed by atoms with Crippen LogP contribution in [0.3, 0.4) is 0 Å². The lowest BCUT2D eigenvalue weighted by Crippen LogP contribution is -2.61. The third-order valence-corrected chi connectivity index (χ3v) is 10.0. The number of pyridine rings is 1. The molecular weight excluding hydrogens is 613 g/mol. The van der Waals surface area contributed by atoms with Gasteiger partial charge in [-0.15, -0.1) is 0 Å². The number of nitrogens with zero attached hydrogens (tertiary/aromatic N) is 2. The Bertz CT molecular complexity index is 2150. The largest absolute Gasteiger partial charge is 0.506 e. The van der Waals surface area contributed by atoms with Gasteiger partial charge in [-0.25, -0.2) is 23.1 Å². The van der Waals surface area contributed by atoms with Crippen molar-refractivity contribution < 1.29 is 27.8 Å². The van der Waals surface area contributed by atoms with Crippen LogP contribution in [0.2, 0.25) is 0 Å². The molecule has 5 aromatic rings. The van der Waals surface area contributed by atoms with Gasteiger partial charge in [0, 0.05) is 34.6 Å². The van der Waals surface area contributed by atoms with Crippen LogP contribution >= 0.6 is 0 Å². The second-order valence-electron chi connectivity index (χ2n) is 14.9. The van der Waals surface area contributed by atoms with Gasteiger partial charge in [-0.05, 0) is 84.3 Å². The minimum absolute atomic E-state index is 0.000545. The second-order valence-corrected chi connectivity index (χ2v) is 14.9.